The topological polar surface area (TPSA) is 74.7 Å². The van der Waals surface area contributed by atoms with E-state index in [1.807, 2.05) is 18.2 Å². The van der Waals surface area contributed by atoms with Crippen molar-refractivity contribution in [1.29, 1.82) is 0 Å². The molecular weight excluding hydrogens is 274 g/mol. The number of imidazole rings is 1. The number of hydrogen-bond acceptors (Lipinski definition) is 2. The van der Waals surface area contributed by atoms with E-state index in [1.54, 1.807) is 0 Å². The fraction of sp³-hybridized carbons (Fsp3) is 0.278. The Hall–Kier alpha value is -2.33. The lowest BCUT2D eigenvalue weighted by Crippen LogP contribution is -2.14. The van der Waals surface area contributed by atoms with Crippen LogP contribution in [0.4, 0.5) is 0 Å². The maximum atomic E-state index is 11.3. The third-order valence-corrected chi connectivity index (χ3v) is 4.03. The third kappa shape index (κ3) is 2.70. The van der Waals surface area contributed by atoms with Crippen LogP contribution in [-0.4, -0.2) is 9.97 Å². The van der Waals surface area contributed by atoms with Crippen LogP contribution in [0.15, 0.2) is 47.3 Å². The largest absolute Gasteiger partial charge is 0.323 e. The molecule has 4 nitrogen and oxygen atoms in total. The average Bonchev–Trinajstić information content (AvgIpc) is 2.84. The van der Waals surface area contributed by atoms with Crippen molar-refractivity contribution in [3.05, 3.63) is 69.6 Å². The second-order valence-electron chi connectivity index (χ2n) is 6.73. The predicted octanol–water partition coefficient (Wildman–Crippen LogP) is 3.20. The van der Waals surface area contributed by atoms with Crippen molar-refractivity contribution in [2.45, 2.75) is 32.2 Å². The molecule has 114 valence electrons. The minimum Gasteiger partial charge on any atom is -0.320 e. The van der Waals surface area contributed by atoms with Gasteiger partial charge in [-0.1, -0.05) is 51.1 Å². The molecule has 0 radical (unpaired) electrons. The van der Waals surface area contributed by atoms with E-state index in [9.17, 15) is 4.79 Å². The lowest BCUT2D eigenvalue weighted by molar-refractivity contribution is 0.589. The summed E-state index contributed by atoms with van der Waals surface area (Å²) in [6, 6.07) is 14.0. The Morgan fingerprint density at radius 3 is 2.14 bits per heavy atom. The molecule has 4 N–H and O–H groups in total. The Bertz CT molecular complexity index is 850. The van der Waals surface area contributed by atoms with Gasteiger partial charge in [-0.3, -0.25) is 0 Å². The molecule has 1 heterocycles. The van der Waals surface area contributed by atoms with Gasteiger partial charge in [0.25, 0.3) is 0 Å². The number of aromatic nitrogens is 2. The van der Waals surface area contributed by atoms with E-state index in [0.717, 1.165) is 22.2 Å². The van der Waals surface area contributed by atoms with E-state index in [2.05, 4.69) is 55.0 Å². The number of nitrogens with one attached hydrogen (secondary N) is 2. The van der Waals surface area contributed by atoms with Crippen LogP contribution in [0.2, 0.25) is 0 Å². The minimum absolute atomic E-state index is 0.131. The summed E-state index contributed by atoms with van der Waals surface area (Å²) in [5.41, 5.74) is 11.2. The van der Waals surface area contributed by atoms with E-state index >= 15 is 0 Å². The van der Waals surface area contributed by atoms with Gasteiger partial charge in [-0.05, 0) is 34.2 Å². The molecule has 0 saturated carbocycles. The van der Waals surface area contributed by atoms with Gasteiger partial charge in [0.15, 0.2) is 0 Å². The van der Waals surface area contributed by atoms with E-state index in [0.29, 0.717) is 0 Å². The van der Waals surface area contributed by atoms with Crippen molar-refractivity contribution in [3.8, 4) is 0 Å². The average molecular weight is 295 g/mol. The number of H-pyrrole nitrogens is 2. The summed E-state index contributed by atoms with van der Waals surface area (Å²) in [6.45, 7) is 6.58. The van der Waals surface area contributed by atoms with Crippen molar-refractivity contribution in [1.82, 2.24) is 9.97 Å². The smallest absolute Gasteiger partial charge is 0.320 e. The van der Waals surface area contributed by atoms with Crippen LogP contribution in [0.25, 0.3) is 11.0 Å². The second-order valence-corrected chi connectivity index (χ2v) is 6.73. The quantitative estimate of drug-likeness (QED) is 0.679. The fourth-order valence-electron chi connectivity index (χ4n) is 2.63. The molecule has 2 aromatic carbocycles. The van der Waals surface area contributed by atoms with Gasteiger partial charge in [-0.25, -0.2) is 4.79 Å². The zero-order valence-electron chi connectivity index (χ0n) is 13.1. The zero-order valence-corrected chi connectivity index (χ0v) is 13.1. The number of hydrogen-bond donors (Lipinski definition) is 3. The number of aromatic amines is 2. The van der Waals surface area contributed by atoms with Gasteiger partial charge < -0.3 is 15.7 Å². The summed E-state index contributed by atoms with van der Waals surface area (Å²) in [4.78, 5) is 16.8. The van der Waals surface area contributed by atoms with E-state index in [1.165, 1.54) is 5.56 Å². The van der Waals surface area contributed by atoms with Crippen molar-refractivity contribution >= 4 is 11.0 Å². The molecule has 0 bridgehead atoms. The molecule has 22 heavy (non-hydrogen) atoms. The third-order valence-electron chi connectivity index (χ3n) is 4.03. The van der Waals surface area contributed by atoms with Crippen LogP contribution in [-0.2, 0) is 5.41 Å². The van der Waals surface area contributed by atoms with E-state index in [-0.39, 0.29) is 17.1 Å². The Labute approximate surface area is 129 Å². The molecular formula is C18H21N3O. The molecule has 0 spiro atoms. The van der Waals surface area contributed by atoms with Gasteiger partial charge in [0.1, 0.15) is 0 Å². The highest BCUT2D eigenvalue weighted by Gasteiger charge is 2.15. The fourth-order valence-corrected chi connectivity index (χ4v) is 2.63. The summed E-state index contributed by atoms with van der Waals surface area (Å²) >= 11 is 0. The van der Waals surface area contributed by atoms with Gasteiger partial charge in [-0.2, -0.15) is 0 Å². The van der Waals surface area contributed by atoms with Crippen LogP contribution in [0, 0.1) is 0 Å². The number of nitrogens with two attached hydrogens (primary N) is 1. The highest BCUT2D eigenvalue weighted by atomic mass is 16.1. The molecule has 1 aromatic heterocycles. The van der Waals surface area contributed by atoms with Gasteiger partial charge in [0.2, 0.25) is 0 Å². The first-order valence-electron chi connectivity index (χ1n) is 7.42. The molecule has 3 rings (SSSR count). The van der Waals surface area contributed by atoms with E-state index in [4.69, 9.17) is 5.73 Å². The maximum Gasteiger partial charge on any atom is 0.323 e. The first-order valence-corrected chi connectivity index (χ1v) is 7.42. The second kappa shape index (κ2) is 5.14. The highest BCUT2D eigenvalue weighted by molar-refractivity contribution is 5.75. The summed E-state index contributed by atoms with van der Waals surface area (Å²) in [5.74, 6) is 0. The van der Waals surface area contributed by atoms with Gasteiger partial charge >= 0.3 is 5.69 Å². The summed E-state index contributed by atoms with van der Waals surface area (Å²) in [6.07, 6.45) is 0. The number of rotatable bonds is 2. The van der Waals surface area contributed by atoms with E-state index < -0.39 is 0 Å². The first-order chi connectivity index (χ1) is 10.3. The van der Waals surface area contributed by atoms with Crippen LogP contribution < -0.4 is 11.4 Å². The van der Waals surface area contributed by atoms with Crippen molar-refractivity contribution in [2.75, 3.05) is 0 Å². The van der Waals surface area contributed by atoms with Gasteiger partial charge in [0.05, 0.1) is 17.1 Å². The maximum absolute atomic E-state index is 11.3. The molecule has 0 amide bonds. The van der Waals surface area contributed by atoms with Crippen LogP contribution in [0.3, 0.4) is 0 Å². The number of fused-ring (bicyclic) bond motifs is 1. The van der Waals surface area contributed by atoms with Crippen molar-refractivity contribution in [3.63, 3.8) is 0 Å². The predicted molar refractivity (Wildman–Crippen MR) is 90.1 cm³/mol. The lowest BCUT2D eigenvalue weighted by atomic mass is 9.86. The molecule has 0 aliphatic carbocycles. The van der Waals surface area contributed by atoms with Crippen LogP contribution in [0.1, 0.15) is 43.5 Å². The molecule has 4 heteroatoms. The molecule has 0 saturated heterocycles. The Morgan fingerprint density at radius 1 is 0.909 bits per heavy atom. The highest BCUT2D eigenvalue weighted by Crippen LogP contribution is 2.26. The van der Waals surface area contributed by atoms with Gasteiger partial charge in [0, 0.05) is 0 Å². The normalized spacial score (nSPS) is 13.5. The standard InChI is InChI=1S/C18H21N3O/c1-18(2,3)13-7-4-11(5-8-13)16(19)12-6-9-14-15(10-12)21-17(22)20-14/h4-10,16H,19H2,1-3H3,(H2,20,21,22). The summed E-state index contributed by atoms with van der Waals surface area (Å²) in [7, 11) is 0. The zero-order chi connectivity index (χ0) is 15.9. The Morgan fingerprint density at radius 2 is 1.50 bits per heavy atom. The molecule has 0 aliphatic heterocycles. The van der Waals surface area contributed by atoms with Crippen LogP contribution in [0.5, 0.6) is 0 Å². The summed E-state index contributed by atoms with van der Waals surface area (Å²) < 4.78 is 0. The van der Waals surface area contributed by atoms with Crippen molar-refractivity contribution < 1.29 is 0 Å². The first kappa shape index (κ1) is 14.6. The van der Waals surface area contributed by atoms with Gasteiger partial charge in [-0.15, -0.1) is 0 Å². The molecule has 1 unspecified atom stereocenters. The van der Waals surface area contributed by atoms with Crippen molar-refractivity contribution in [2.24, 2.45) is 5.73 Å². The molecule has 0 aliphatic rings. The number of benzene rings is 2. The monoisotopic (exact) mass is 295 g/mol. The minimum atomic E-state index is -0.211. The Balaban J connectivity index is 1.94. The van der Waals surface area contributed by atoms with Crippen LogP contribution >= 0.6 is 0 Å². The lowest BCUT2D eigenvalue weighted by Gasteiger charge is -2.20. The molecule has 0 fully saturated rings. The molecule has 3 aromatic rings. The SMILES string of the molecule is CC(C)(C)c1ccc(C(N)c2ccc3[nH]c(=O)[nH]c3c2)cc1. The Kier molecular flexibility index (Phi) is 3.41. The summed E-state index contributed by atoms with van der Waals surface area (Å²) in [5, 5.41) is 0. The molecule has 1 atom stereocenters.